The fourth-order valence-electron chi connectivity index (χ4n) is 2.39. The Morgan fingerprint density at radius 2 is 1.83 bits per heavy atom. The van der Waals surface area contributed by atoms with Crippen molar-refractivity contribution in [3.8, 4) is 11.3 Å². The van der Waals surface area contributed by atoms with Crippen LogP contribution in [0.2, 0.25) is 5.02 Å². The van der Waals surface area contributed by atoms with E-state index in [-0.39, 0.29) is 12.3 Å². The molecule has 0 aliphatic rings. The van der Waals surface area contributed by atoms with Crippen LogP contribution < -0.4 is 11.1 Å². The smallest absolute Gasteiger partial charge is 0.221 e. The maximum absolute atomic E-state index is 10.9. The number of nitrogens with two attached hydrogens (primary N) is 1. The molecule has 1 aromatic heterocycles. The van der Waals surface area contributed by atoms with E-state index in [4.69, 9.17) is 17.3 Å². The van der Waals surface area contributed by atoms with E-state index in [2.05, 4.69) is 10.3 Å². The van der Waals surface area contributed by atoms with Gasteiger partial charge in [0.1, 0.15) is 0 Å². The molecule has 0 aliphatic carbocycles. The third-order valence-electron chi connectivity index (χ3n) is 3.50. The Morgan fingerprint density at radius 1 is 1.04 bits per heavy atom. The van der Waals surface area contributed by atoms with E-state index in [9.17, 15) is 4.79 Å². The zero-order chi connectivity index (χ0) is 16.9. The van der Waals surface area contributed by atoms with Crippen LogP contribution in [0.1, 0.15) is 5.56 Å². The topological polar surface area (TPSA) is 68.0 Å². The molecule has 4 nitrogen and oxygen atoms in total. The van der Waals surface area contributed by atoms with Gasteiger partial charge in [-0.2, -0.15) is 0 Å². The van der Waals surface area contributed by atoms with Crippen molar-refractivity contribution in [2.75, 3.05) is 5.32 Å². The molecule has 3 rings (SSSR count). The van der Waals surface area contributed by atoms with Crippen molar-refractivity contribution in [1.29, 1.82) is 0 Å². The second-order valence-corrected chi connectivity index (χ2v) is 5.84. The molecule has 5 heteroatoms. The van der Waals surface area contributed by atoms with Crippen LogP contribution in [0.15, 0.2) is 66.9 Å². The number of carbonyl (C=O) groups excluding carboxylic acids is 1. The normalized spacial score (nSPS) is 10.4. The van der Waals surface area contributed by atoms with Crippen molar-refractivity contribution in [3.05, 3.63) is 77.4 Å². The van der Waals surface area contributed by atoms with E-state index in [1.165, 1.54) is 0 Å². The third kappa shape index (κ3) is 4.12. The quantitative estimate of drug-likeness (QED) is 0.734. The zero-order valence-corrected chi connectivity index (χ0v) is 13.6. The van der Waals surface area contributed by atoms with E-state index >= 15 is 0 Å². The first-order valence-corrected chi connectivity index (χ1v) is 7.84. The summed E-state index contributed by atoms with van der Waals surface area (Å²) in [7, 11) is 0. The molecular formula is C19H16ClN3O. The van der Waals surface area contributed by atoms with Crippen molar-refractivity contribution in [2.45, 2.75) is 6.42 Å². The molecule has 1 amide bonds. The fraction of sp³-hybridized carbons (Fsp3) is 0.0526. The molecule has 3 N–H and O–H groups in total. The number of nitrogens with one attached hydrogen (secondary N) is 1. The molecule has 0 fully saturated rings. The number of nitrogens with zero attached hydrogens (tertiary/aromatic N) is 1. The molecule has 0 bridgehead atoms. The average molecular weight is 338 g/mol. The van der Waals surface area contributed by atoms with Gasteiger partial charge in [-0.25, -0.2) is 0 Å². The van der Waals surface area contributed by atoms with Gasteiger partial charge in [0.2, 0.25) is 5.91 Å². The van der Waals surface area contributed by atoms with Crippen LogP contribution in [0.4, 0.5) is 11.4 Å². The Labute approximate surface area is 145 Å². The minimum absolute atomic E-state index is 0.244. The summed E-state index contributed by atoms with van der Waals surface area (Å²) < 4.78 is 0. The monoisotopic (exact) mass is 337 g/mol. The van der Waals surface area contributed by atoms with E-state index in [1.54, 1.807) is 6.20 Å². The third-order valence-corrected chi connectivity index (χ3v) is 3.74. The first-order valence-electron chi connectivity index (χ1n) is 7.46. The largest absolute Gasteiger partial charge is 0.369 e. The highest BCUT2D eigenvalue weighted by Crippen LogP contribution is 2.24. The standard InChI is InChI=1S/C19H16ClN3O/c20-15-3-1-2-14(11-15)18-12-17(8-9-22-18)23-16-6-4-13(5-7-16)10-19(21)24/h1-9,11-12H,10H2,(H2,21,24)(H,22,23). The molecule has 0 atom stereocenters. The lowest BCUT2D eigenvalue weighted by Gasteiger charge is -2.09. The summed E-state index contributed by atoms with van der Waals surface area (Å²) in [6.07, 6.45) is 1.99. The van der Waals surface area contributed by atoms with Crippen molar-refractivity contribution >= 4 is 28.9 Å². The van der Waals surface area contributed by atoms with Crippen molar-refractivity contribution in [3.63, 3.8) is 0 Å². The van der Waals surface area contributed by atoms with Crippen LogP contribution in [-0.4, -0.2) is 10.9 Å². The van der Waals surface area contributed by atoms with Gasteiger partial charge in [-0.1, -0.05) is 35.9 Å². The maximum atomic E-state index is 10.9. The highest BCUT2D eigenvalue weighted by atomic mass is 35.5. The summed E-state index contributed by atoms with van der Waals surface area (Å²) in [5.74, 6) is -0.337. The Hall–Kier alpha value is -2.85. The Balaban J connectivity index is 1.78. The predicted octanol–water partition coefficient (Wildman–Crippen LogP) is 4.17. The zero-order valence-electron chi connectivity index (χ0n) is 12.9. The van der Waals surface area contributed by atoms with Gasteiger partial charge in [0.15, 0.2) is 0 Å². The van der Waals surface area contributed by atoms with Crippen LogP contribution in [0.5, 0.6) is 0 Å². The summed E-state index contributed by atoms with van der Waals surface area (Å²) >= 11 is 6.04. The number of aromatic nitrogens is 1. The predicted molar refractivity (Wildman–Crippen MR) is 97.3 cm³/mol. The van der Waals surface area contributed by atoms with Gasteiger partial charge in [0, 0.05) is 28.2 Å². The van der Waals surface area contributed by atoms with Crippen LogP contribution >= 0.6 is 11.6 Å². The van der Waals surface area contributed by atoms with Gasteiger partial charge in [-0.3, -0.25) is 9.78 Å². The Bertz CT molecular complexity index is 862. The molecule has 0 saturated heterocycles. The number of carbonyl (C=O) groups is 1. The van der Waals surface area contributed by atoms with E-state index in [0.29, 0.717) is 5.02 Å². The van der Waals surface area contributed by atoms with Crippen LogP contribution in [0.25, 0.3) is 11.3 Å². The summed E-state index contributed by atoms with van der Waals surface area (Å²) in [5, 5.41) is 4.00. The second-order valence-electron chi connectivity index (χ2n) is 5.41. The van der Waals surface area contributed by atoms with Crippen molar-refractivity contribution < 1.29 is 4.79 Å². The van der Waals surface area contributed by atoms with Crippen LogP contribution in [0.3, 0.4) is 0 Å². The number of rotatable bonds is 5. The minimum Gasteiger partial charge on any atom is -0.369 e. The molecule has 24 heavy (non-hydrogen) atoms. The number of hydrogen-bond acceptors (Lipinski definition) is 3. The summed E-state index contributed by atoms with van der Waals surface area (Å²) in [6.45, 7) is 0. The molecular weight excluding hydrogens is 322 g/mol. The Morgan fingerprint density at radius 3 is 2.54 bits per heavy atom. The molecule has 0 aliphatic heterocycles. The number of anilines is 2. The number of primary amides is 1. The average Bonchev–Trinajstić information content (AvgIpc) is 2.56. The van der Waals surface area contributed by atoms with E-state index in [0.717, 1.165) is 28.2 Å². The SMILES string of the molecule is NC(=O)Cc1ccc(Nc2ccnc(-c3cccc(Cl)c3)c2)cc1. The first kappa shape index (κ1) is 16.0. The molecule has 0 radical (unpaired) electrons. The van der Waals surface area contributed by atoms with Gasteiger partial charge in [-0.15, -0.1) is 0 Å². The summed E-state index contributed by atoms with van der Waals surface area (Å²) in [4.78, 5) is 15.3. The molecule has 120 valence electrons. The maximum Gasteiger partial charge on any atom is 0.221 e. The molecule has 1 heterocycles. The lowest BCUT2D eigenvalue weighted by Crippen LogP contribution is -2.13. The van der Waals surface area contributed by atoms with Gasteiger partial charge in [0.05, 0.1) is 12.1 Å². The number of amides is 1. The van der Waals surface area contributed by atoms with Crippen LogP contribution in [-0.2, 0) is 11.2 Å². The number of halogens is 1. The molecule has 2 aromatic carbocycles. The fourth-order valence-corrected chi connectivity index (χ4v) is 2.58. The summed E-state index contributed by atoms with van der Waals surface area (Å²) in [5.41, 5.74) is 9.73. The van der Waals surface area contributed by atoms with Gasteiger partial charge < -0.3 is 11.1 Å². The number of benzene rings is 2. The molecule has 3 aromatic rings. The first-order chi connectivity index (χ1) is 11.6. The number of hydrogen-bond donors (Lipinski definition) is 2. The molecule has 0 spiro atoms. The molecule has 0 saturated carbocycles. The number of pyridine rings is 1. The molecule has 0 unspecified atom stereocenters. The van der Waals surface area contributed by atoms with Gasteiger partial charge in [-0.05, 0) is 42.0 Å². The van der Waals surface area contributed by atoms with Gasteiger partial charge >= 0.3 is 0 Å². The lowest BCUT2D eigenvalue weighted by atomic mass is 10.1. The van der Waals surface area contributed by atoms with Crippen LogP contribution in [0, 0.1) is 0 Å². The minimum atomic E-state index is -0.337. The van der Waals surface area contributed by atoms with E-state index in [1.807, 2.05) is 60.7 Å². The van der Waals surface area contributed by atoms with Crippen molar-refractivity contribution in [1.82, 2.24) is 4.98 Å². The van der Waals surface area contributed by atoms with Crippen molar-refractivity contribution in [2.24, 2.45) is 5.73 Å². The highest BCUT2D eigenvalue weighted by Gasteiger charge is 2.03. The van der Waals surface area contributed by atoms with E-state index < -0.39 is 0 Å². The lowest BCUT2D eigenvalue weighted by molar-refractivity contribution is -0.117. The highest BCUT2D eigenvalue weighted by molar-refractivity contribution is 6.30. The van der Waals surface area contributed by atoms with Gasteiger partial charge in [0.25, 0.3) is 0 Å². The Kier molecular flexibility index (Phi) is 4.77. The second kappa shape index (κ2) is 7.15. The summed E-state index contributed by atoms with van der Waals surface area (Å²) in [6, 6.07) is 19.0.